The summed E-state index contributed by atoms with van der Waals surface area (Å²) in [6.45, 7) is 2.84. The number of esters is 1. The van der Waals surface area contributed by atoms with Crippen molar-refractivity contribution in [2.45, 2.75) is 12.5 Å². The Morgan fingerprint density at radius 2 is 2.00 bits per heavy atom. The molecule has 1 aromatic carbocycles. The van der Waals surface area contributed by atoms with Gasteiger partial charge < -0.3 is 9.64 Å². The predicted octanol–water partition coefficient (Wildman–Crippen LogP) is 0.899. The van der Waals surface area contributed by atoms with Gasteiger partial charge in [-0.1, -0.05) is 6.07 Å². The summed E-state index contributed by atoms with van der Waals surface area (Å²) in [7, 11) is 0. The molecule has 6 heteroatoms. The van der Waals surface area contributed by atoms with Crippen LogP contribution in [0.2, 0.25) is 0 Å². The van der Waals surface area contributed by atoms with Crippen molar-refractivity contribution in [1.82, 2.24) is 9.80 Å². The SMILES string of the molecule is O=C1OCCC1N1CCN(C(=O)c2cccc(F)c2)CC1. The fourth-order valence-corrected chi connectivity index (χ4v) is 2.86. The fourth-order valence-electron chi connectivity index (χ4n) is 2.86. The molecule has 0 N–H and O–H groups in total. The summed E-state index contributed by atoms with van der Waals surface area (Å²) < 4.78 is 18.1. The lowest BCUT2D eigenvalue weighted by atomic mass is 10.1. The van der Waals surface area contributed by atoms with Gasteiger partial charge in [-0.25, -0.2) is 4.39 Å². The van der Waals surface area contributed by atoms with Crippen molar-refractivity contribution in [2.24, 2.45) is 0 Å². The van der Waals surface area contributed by atoms with E-state index in [9.17, 15) is 14.0 Å². The quantitative estimate of drug-likeness (QED) is 0.760. The highest BCUT2D eigenvalue weighted by Gasteiger charge is 2.34. The number of carbonyl (C=O) groups excluding carboxylic acids is 2. The number of rotatable bonds is 2. The summed E-state index contributed by atoms with van der Waals surface area (Å²) in [5, 5.41) is 0. The average Bonchev–Trinajstić information content (AvgIpc) is 2.93. The van der Waals surface area contributed by atoms with Gasteiger partial charge in [0.1, 0.15) is 11.9 Å². The van der Waals surface area contributed by atoms with Crippen molar-refractivity contribution in [2.75, 3.05) is 32.8 Å². The van der Waals surface area contributed by atoms with Crippen LogP contribution >= 0.6 is 0 Å². The first-order chi connectivity index (χ1) is 10.1. The maximum Gasteiger partial charge on any atom is 0.323 e. The van der Waals surface area contributed by atoms with Crippen LogP contribution in [0.3, 0.4) is 0 Å². The lowest BCUT2D eigenvalue weighted by Crippen LogP contribution is -2.53. The zero-order valence-electron chi connectivity index (χ0n) is 11.6. The molecule has 1 atom stereocenters. The number of hydrogen-bond acceptors (Lipinski definition) is 4. The highest BCUT2D eigenvalue weighted by molar-refractivity contribution is 5.94. The average molecular weight is 292 g/mol. The normalized spacial score (nSPS) is 23.2. The maximum absolute atomic E-state index is 13.2. The van der Waals surface area contributed by atoms with Crippen LogP contribution in [0.25, 0.3) is 0 Å². The fraction of sp³-hybridized carbons (Fsp3) is 0.467. The molecule has 2 saturated heterocycles. The highest BCUT2D eigenvalue weighted by Crippen LogP contribution is 2.17. The molecule has 0 aliphatic carbocycles. The van der Waals surface area contributed by atoms with Crippen LogP contribution in [0, 0.1) is 5.82 Å². The number of hydrogen-bond donors (Lipinski definition) is 0. The maximum atomic E-state index is 13.2. The molecular formula is C15H17FN2O3. The van der Waals surface area contributed by atoms with Crippen molar-refractivity contribution in [3.63, 3.8) is 0 Å². The predicted molar refractivity (Wildman–Crippen MR) is 73.2 cm³/mol. The van der Waals surface area contributed by atoms with E-state index < -0.39 is 5.82 Å². The van der Waals surface area contributed by atoms with Gasteiger partial charge in [0.25, 0.3) is 5.91 Å². The van der Waals surface area contributed by atoms with Gasteiger partial charge in [-0.15, -0.1) is 0 Å². The van der Waals surface area contributed by atoms with Gasteiger partial charge in [-0.05, 0) is 18.2 Å². The van der Waals surface area contributed by atoms with E-state index >= 15 is 0 Å². The van der Waals surface area contributed by atoms with E-state index in [1.807, 2.05) is 0 Å². The van der Waals surface area contributed by atoms with Crippen molar-refractivity contribution in [1.29, 1.82) is 0 Å². The second kappa shape index (κ2) is 5.81. The van der Waals surface area contributed by atoms with E-state index in [2.05, 4.69) is 4.90 Å². The molecule has 0 saturated carbocycles. The molecule has 5 nitrogen and oxygen atoms in total. The summed E-state index contributed by atoms with van der Waals surface area (Å²) in [5.41, 5.74) is 0.365. The molecule has 1 amide bonds. The van der Waals surface area contributed by atoms with Gasteiger partial charge in [-0.2, -0.15) is 0 Å². The Balaban J connectivity index is 1.60. The number of ether oxygens (including phenoxy) is 1. The molecule has 0 radical (unpaired) electrons. The van der Waals surface area contributed by atoms with Gasteiger partial charge in [-0.3, -0.25) is 14.5 Å². The molecule has 2 fully saturated rings. The van der Waals surface area contributed by atoms with Crippen molar-refractivity contribution in [3.8, 4) is 0 Å². The Bertz CT molecular complexity index is 556. The summed E-state index contributed by atoms with van der Waals surface area (Å²) in [4.78, 5) is 27.6. The van der Waals surface area contributed by atoms with E-state index in [0.717, 1.165) is 6.42 Å². The van der Waals surface area contributed by atoms with Gasteiger partial charge in [0.15, 0.2) is 0 Å². The Morgan fingerprint density at radius 1 is 1.24 bits per heavy atom. The van der Waals surface area contributed by atoms with Gasteiger partial charge in [0.05, 0.1) is 6.61 Å². The van der Waals surface area contributed by atoms with Crippen LogP contribution in [0.1, 0.15) is 16.8 Å². The highest BCUT2D eigenvalue weighted by atomic mass is 19.1. The lowest BCUT2D eigenvalue weighted by molar-refractivity contribution is -0.142. The van der Waals surface area contributed by atoms with Crippen molar-refractivity contribution in [3.05, 3.63) is 35.6 Å². The number of piperazine rings is 1. The summed E-state index contributed by atoms with van der Waals surface area (Å²) in [6.07, 6.45) is 0.719. The molecule has 21 heavy (non-hydrogen) atoms. The molecular weight excluding hydrogens is 275 g/mol. The van der Waals surface area contributed by atoms with E-state index in [4.69, 9.17) is 4.74 Å². The molecule has 0 aromatic heterocycles. The molecule has 0 bridgehead atoms. The Labute approximate surface area is 122 Å². The third-order valence-corrected chi connectivity index (χ3v) is 4.02. The largest absolute Gasteiger partial charge is 0.464 e. The van der Waals surface area contributed by atoms with E-state index in [1.165, 1.54) is 18.2 Å². The van der Waals surface area contributed by atoms with E-state index in [-0.39, 0.29) is 17.9 Å². The summed E-state index contributed by atoms with van der Waals surface area (Å²) in [6, 6.07) is 5.56. The molecule has 2 aliphatic rings. The van der Waals surface area contributed by atoms with Crippen molar-refractivity contribution < 1.29 is 18.7 Å². The first-order valence-electron chi connectivity index (χ1n) is 7.11. The number of amides is 1. The third kappa shape index (κ3) is 2.90. The number of benzene rings is 1. The van der Waals surface area contributed by atoms with E-state index in [0.29, 0.717) is 38.3 Å². The molecule has 1 unspecified atom stereocenters. The Morgan fingerprint density at radius 3 is 2.62 bits per heavy atom. The smallest absolute Gasteiger partial charge is 0.323 e. The first kappa shape index (κ1) is 14.0. The van der Waals surface area contributed by atoms with Gasteiger partial charge in [0, 0.05) is 38.2 Å². The molecule has 1 aromatic rings. The minimum absolute atomic E-state index is 0.164. The van der Waals surface area contributed by atoms with Crippen molar-refractivity contribution >= 4 is 11.9 Å². The van der Waals surface area contributed by atoms with Crippen LogP contribution in [-0.2, 0) is 9.53 Å². The Kier molecular flexibility index (Phi) is 3.88. The second-order valence-corrected chi connectivity index (χ2v) is 5.31. The summed E-state index contributed by atoms with van der Waals surface area (Å²) >= 11 is 0. The molecule has 0 spiro atoms. The molecule has 2 aliphatic heterocycles. The van der Waals surface area contributed by atoms with Gasteiger partial charge >= 0.3 is 5.97 Å². The molecule has 3 rings (SSSR count). The topological polar surface area (TPSA) is 49.9 Å². The minimum Gasteiger partial charge on any atom is -0.464 e. The minimum atomic E-state index is -0.409. The third-order valence-electron chi connectivity index (χ3n) is 4.02. The number of halogens is 1. The van der Waals surface area contributed by atoms with Crippen LogP contribution in [0.15, 0.2) is 24.3 Å². The lowest BCUT2D eigenvalue weighted by Gasteiger charge is -2.36. The van der Waals surface area contributed by atoms with Gasteiger partial charge in [0.2, 0.25) is 0 Å². The zero-order chi connectivity index (χ0) is 14.8. The first-order valence-corrected chi connectivity index (χ1v) is 7.11. The Hall–Kier alpha value is -1.95. The van der Waals surface area contributed by atoms with Crippen LogP contribution < -0.4 is 0 Å². The second-order valence-electron chi connectivity index (χ2n) is 5.31. The summed E-state index contributed by atoms with van der Waals surface area (Å²) in [5.74, 6) is -0.740. The number of nitrogens with zero attached hydrogens (tertiary/aromatic N) is 2. The molecule has 2 heterocycles. The number of carbonyl (C=O) groups is 2. The number of cyclic esters (lactones) is 1. The van der Waals surface area contributed by atoms with Crippen LogP contribution in [-0.4, -0.2) is 60.5 Å². The van der Waals surface area contributed by atoms with E-state index in [1.54, 1.807) is 11.0 Å². The zero-order valence-corrected chi connectivity index (χ0v) is 11.6. The molecule has 112 valence electrons. The standard InChI is InChI=1S/C15H17FN2O3/c16-12-3-1-2-11(10-12)14(19)18-7-5-17(6-8-18)13-4-9-21-15(13)20/h1-3,10,13H,4-9H2. The van der Waals surface area contributed by atoms with Crippen LogP contribution in [0.5, 0.6) is 0 Å². The monoisotopic (exact) mass is 292 g/mol. The van der Waals surface area contributed by atoms with Crippen LogP contribution in [0.4, 0.5) is 4.39 Å².